The summed E-state index contributed by atoms with van der Waals surface area (Å²) in [6.07, 6.45) is 0.761. The lowest BCUT2D eigenvalue weighted by molar-refractivity contribution is 0.0954. The van der Waals surface area contributed by atoms with Crippen molar-refractivity contribution in [1.82, 2.24) is 5.43 Å². The molecule has 21 heavy (non-hydrogen) atoms. The molecule has 3 heteroatoms. The number of benzene rings is 2. The third-order valence-corrected chi connectivity index (χ3v) is 3.50. The fourth-order valence-corrected chi connectivity index (χ4v) is 2.04. The van der Waals surface area contributed by atoms with E-state index in [9.17, 15) is 4.79 Å². The van der Waals surface area contributed by atoms with Crippen LogP contribution in [0.1, 0.15) is 40.4 Å². The highest BCUT2D eigenvalue weighted by Gasteiger charge is 2.07. The van der Waals surface area contributed by atoms with Gasteiger partial charge < -0.3 is 0 Å². The molecule has 0 bridgehead atoms. The van der Waals surface area contributed by atoms with E-state index in [-0.39, 0.29) is 5.91 Å². The van der Waals surface area contributed by atoms with Crippen LogP contribution < -0.4 is 5.43 Å². The van der Waals surface area contributed by atoms with Crippen molar-refractivity contribution in [3.8, 4) is 0 Å². The van der Waals surface area contributed by atoms with Crippen LogP contribution in [0.15, 0.2) is 53.6 Å². The van der Waals surface area contributed by atoms with Gasteiger partial charge in [0.05, 0.1) is 5.71 Å². The van der Waals surface area contributed by atoms with Crippen molar-refractivity contribution in [3.63, 3.8) is 0 Å². The minimum absolute atomic E-state index is 0.181. The van der Waals surface area contributed by atoms with Gasteiger partial charge in [0, 0.05) is 5.56 Å². The first-order valence-electron chi connectivity index (χ1n) is 7.11. The summed E-state index contributed by atoms with van der Waals surface area (Å²) in [6, 6.07) is 15.5. The van der Waals surface area contributed by atoms with E-state index < -0.39 is 0 Å². The Hall–Kier alpha value is -2.42. The van der Waals surface area contributed by atoms with Crippen molar-refractivity contribution in [3.05, 3.63) is 70.8 Å². The number of hydrazone groups is 1. The molecular weight excluding hydrogens is 260 g/mol. The van der Waals surface area contributed by atoms with Gasteiger partial charge >= 0.3 is 0 Å². The zero-order chi connectivity index (χ0) is 15.2. The second kappa shape index (κ2) is 6.84. The Morgan fingerprint density at radius 3 is 2.33 bits per heavy atom. The lowest BCUT2D eigenvalue weighted by atomic mass is 10.1. The lowest BCUT2D eigenvalue weighted by Crippen LogP contribution is -2.20. The smallest absolute Gasteiger partial charge is 0.267 e. The number of nitrogens with one attached hydrogen (secondary N) is 1. The summed E-state index contributed by atoms with van der Waals surface area (Å²) in [7, 11) is 0. The molecule has 108 valence electrons. The number of hydrogen-bond acceptors (Lipinski definition) is 2. The van der Waals surface area contributed by atoms with Gasteiger partial charge in [-0.1, -0.05) is 43.3 Å². The van der Waals surface area contributed by atoms with E-state index in [0.717, 1.165) is 23.3 Å². The molecule has 2 rings (SSSR count). The molecular formula is C18H20N2O. The van der Waals surface area contributed by atoms with Gasteiger partial charge in [-0.3, -0.25) is 4.79 Å². The van der Waals surface area contributed by atoms with Gasteiger partial charge in [0.25, 0.3) is 5.91 Å². The molecule has 2 aromatic carbocycles. The second-order valence-electron chi connectivity index (χ2n) is 5.02. The Kier molecular flexibility index (Phi) is 4.88. The monoisotopic (exact) mass is 280 g/mol. The number of rotatable bonds is 4. The van der Waals surface area contributed by atoms with Crippen LogP contribution in [-0.4, -0.2) is 11.6 Å². The van der Waals surface area contributed by atoms with Crippen LogP contribution in [0, 0.1) is 13.8 Å². The molecule has 0 saturated carbocycles. The maximum Gasteiger partial charge on any atom is 0.271 e. The van der Waals surface area contributed by atoms with Crippen LogP contribution in [0.4, 0.5) is 0 Å². The molecule has 1 amide bonds. The minimum Gasteiger partial charge on any atom is -0.267 e. The molecule has 3 nitrogen and oxygen atoms in total. The van der Waals surface area contributed by atoms with Crippen molar-refractivity contribution in [2.24, 2.45) is 5.10 Å². The Morgan fingerprint density at radius 2 is 1.71 bits per heavy atom. The van der Waals surface area contributed by atoms with Crippen molar-refractivity contribution in [2.75, 3.05) is 0 Å². The van der Waals surface area contributed by atoms with Gasteiger partial charge in [-0.25, -0.2) is 5.43 Å². The highest BCUT2D eigenvalue weighted by molar-refractivity contribution is 6.02. The first-order valence-corrected chi connectivity index (χ1v) is 7.11. The van der Waals surface area contributed by atoms with E-state index in [1.807, 2.05) is 69.3 Å². The van der Waals surface area contributed by atoms with Crippen LogP contribution >= 0.6 is 0 Å². The molecule has 0 fully saturated rings. The lowest BCUT2D eigenvalue weighted by Gasteiger charge is -2.06. The molecule has 0 aromatic heterocycles. The first kappa shape index (κ1) is 15.0. The largest absolute Gasteiger partial charge is 0.271 e. The Balaban J connectivity index is 2.15. The van der Waals surface area contributed by atoms with Crippen molar-refractivity contribution >= 4 is 11.6 Å². The van der Waals surface area contributed by atoms with Crippen LogP contribution in [0.3, 0.4) is 0 Å². The molecule has 0 spiro atoms. The quantitative estimate of drug-likeness (QED) is 0.671. The van der Waals surface area contributed by atoms with E-state index >= 15 is 0 Å². The summed E-state index contributed by atoms with van der Waals surface area (Å²) in [5.41, 5.74) is 7.45. The van der Waals surface area contributed by atoms with E-state index in [1.165, 1.54) is 5.56 Å². The molecule has 0 atom stereocenters. The average Bonchev–Trinajstić information content (AvgIpc) is 2.51. The molecule has 0 aliphatic carbocycles. The highest BCUT2D eigenvalue weighted by Crippen LogP contribution is 2.10. The highest BCUT2D eigenvalue weighted by atomic mass is 16.2. The van der Waals surface area contributed by atoms with Crippen LogP contribution in [0.25, 0.3) is 0 Å². The van der Waals surface area contributed by atoms with E-state index in [2.05, 4.69) is 10.5 Å². The molecule has 0 unspecified atom stereocenters. The summed E-state index contributed by atoms with van der Waals surface area (Å²) < 4.78 is 0. The predicted molar refractivity (Wildman–Crippen MR) is 86.7 cm³/mol. The van der Waals surface area contributed by atoms with Crippen LogP contribution in [0.5, 0.6) is 0 Å². The number of carbonyl (C=O) groups is 1. The fraction of sp³-hybridized carbons (Fsp3) is 0.222. The SMILES string of the molecule is CC/C(=N\NC(=O)c1ccc(C)c(C)c1)c1ccccc1. The summed E-state index contributed by atoms with van der Waals surface area (Å²) in [6.45, 7) is 6.05. The molecule has 0 saturated heterocycles. The van der Waals surface area contributed by atoms with Crippen LogP contribution in [0.2, 0.25) is 0 Å². The summed E-state index contributed by atoms with van der Waals surface area (Å²) in [4.78, 5) is 12.1. The van der Waals surface area contributed by atoms with E-state index in [1.54, 1.807) is 0 Å². The maximum atomic E-state index is 12.1. The number of hydrogen-bond donors (Lipinski definition) is 1. The maximum absolute atomic E-state index is 12.1. The first-order chi connectivity index (χ1) is 10.1. The van der Waals surface area contributed by atoms with E-state index in [0.29, 0.717) is 5.56 Å². The number of nitrogens with zero attached hydrogens (tertiary/aromatic N) is 1. The molecule has 0 aliphatic rings. The van der Waals surface area contributed by atoms with Gasteiger partial charge in [0.2, 0.25) is 0 Å². The van der Waals surface area contributed by atoms with Gasteiger partial charge in [0.1, 0.15) is 0 Å². The molecule has 0 heterocycles. The van der Waals surface area contributed by atoms with Gasteiger partial charge in [-0.15, -0.1) is 0 Å². The Morgan fingerprint density at radius 1 is 1.00 bits per heavy atom. The summed E-state index contributed by atoms with van der Waals surface area (Å²) >= 11 is 0. The molecule has 1 N–H and O–H groups in total. The van der Waals surface area contributed by atoms with Crippen LogP contribution in [-0.2, 0) is 0 Å². The third-order valence-electron chi connectivity index (χ3n) is 3.50. The molecule has 0 radical (unpaired) electrons. The third kappa shape index (κ3) is 3.78. The summed E-state index contributed by atoms with van der Waals surface area (Å²) in [5, 5.41) is 4.26. The minimum atomic E-state index is -0.181. The topological polar surface area (TPSA) is 41.5 Å². The molecule has 0 aliphatic heterocycles. The number of carbonyl (C=O) groups excluding carboxylic acids is 1. The predicted octanol–water partition coefficient (Wildman–Crippen LogP) is 3.85. The second-order valence-corrected chi connectivity index (χ2v) is 5.02. The average molecular weight is 280 g/mol. The number of aryl methyl sites for hydroxylation is 2. The zero-order valence-corrected chi connectivity index (χ0v) is 12.7. The summed E-state index contributed by atoms with van der Waals surface area (Å²) in [5.74, 6) is -0.181. The Labute approximate surface area is 125 Å². The fourth-order valence-electron chi connectivity index (χ4n) is 2.04. The van der Waals surface area contributed by atoms with Gasteiger partial charge in [0.15, 0.2) is 0 Å². The number of amides is 1. The normalized spacial score (nSPS) is 11.3. The standard InChI is InChI=1S/C18H20N2O/c1-4-17(15-8-6-5-7-9-15)19-20-18(21)16-11-10-13(2)14(3)12-16/h5-12H,4H2,1-3H3,(H,20,21)/b19-17+. The molecule has 2 aromatic rings. The Bertz CT molecular complexity index is 660. The van der Waals surface area contributed by atoms with Crippen molar-refractivity contribution in [2.45, 2.75) is 27.2 Å². The van der Waals surface area contributed by atoms with Crippen molar-refractivity contribution < 1.29 is 4.79 Å². The van der Waals surface area contributed by atoms with Crippen molar-refractivity contribution in [1.29, 1.82) is 0 Å². The zero-order valence-electron chi connectivity index (χ0n) is 12.7. The van der Waals surface area contributed by atoms with Gasteiger partial charge in [-0.2, -0.15) is 5.10 Å². The van der Waals surface area contributed by atoms with Gasteiger partial charge in [-0.05, 0) is 49.1 Å². The van der Waals surface area contributed by atoms with E-state index in [4.69, 9.17) is 0 Å².